The standard InChI is InChI=1S/C12H16N6O2S2/c1-7(2)14-11(20)15-9(19)6-22-12-17-16-10(18(12)13)8-4-3-5-21-8/h3-5,7H,6,13H2,1-2H3,(H2,14,15,19,20). The molecule has 4 N–H and O–H groups in total. The van der Waals surface area contributed by atoms with Gasteiger partial charge in [-0.05, 0) is 25.3 Å². The van der Waals surface area contributed by atoms with Crippen LogP contribution < -0.4 is 16.5 Å². The molecule has 0 saturated carbocycles. The average Bonchev–Trinajstić information content (AvgIpc) is 3.04. The van der Waals surface area contributed by atoms with E-state index in [4.69, 9.17) is 5.84 Å². The highest BCUT2D eigenvalue weighted by Crippen LogP contribution is 2.24. The lowest BCUT2D eigenvalue weighted by Gasteiger charge is -2.08. The molecule has 22 heavy (non-hydrogen) atoms. The minimum absolute atomic E-state index is 0.0191. The van der Waals surface area contributed by atoms with E-state index >= 15 is 0 Å². The predicted molar refractivity (Wildman–Crippen MR) is 86.0 cm³/mol. The fourth-order valence-corrected chi connectivity index (χ4v) is 2.90. The number of hydrogen-bond donors (Lipinski definition) is 3. The summed E-state index contributed by atoms with van der Waals surface area (Å²) in [5.74, 6) is 6.04. The van der Waals surface area contributed by atoms with Crippen molar-refractivity contribution in [3.05, 3.63) is 17.5 Å². The van der Waals surface area contributed by atoms with Gasteiger partial charge in [0.05, 0.1) is 10.6 Å². The van der Waals surface area contributed by atoms with Crippen molar-refractivity contribution < 1.29 is 9.59 Å². The number of thiophene rings is 1. The Kier molecular flexibility index (Phi) is 5.39. The summed E-state index contributed by atoms with van der Waals surface area (Å²) >= 11 is 2.61. The van der Waals surface area contributed by atoms with E-state index in [0.717, 1.165) is 16.6 Å². The van der Waals surface area contributed by atoms with Crippen molar-refractivity contribution in [3.8, 4) is 10.7 Å². The molecule has 0 bridgehead atoms. The number of amides is 3. The first-order valence-electron chi connectivity index (χ1n) is 6.45. The maximum Gasteiger partial charge on any atom is 0.321 e. The monoisotopic (exact) mass is 340 g/mol. The summed E-state index contributed by atoms with van der Waals surface area (Å²) in [6, 6.07) is 3.22. The summed E-state index contributed by atoms with van der Waals surface area (Å²) in [6.45, 7) is 3.61. The summed E-state index contributed by atoms with van der Waals surface area (Å²) in [4.78, 5) is 24.0. The first-order chi connectivity index (χ1) is 10.5. The molecule has 0 aromatic carbocycles. The van der Waals surface area contributed by atoms with Crippen molar-refractivity contribution in [2.75, 3.05) is 11.6 Å². The number of hydrogen-bond acceptors (Lipinski definition) is 7. The number of aromatic nitrogens is 3. The molecule has 8 nitrogen and oxygen atoms in total. The van der Waals surface area contributed by atoms with Gasteiger partial charge < -0.3 is 11.2 Å². The number of nitrogens with one attached hydrogen (secondary N) is 2. The van der Waals surface area contributed by atoms with Gasteiger partial charge in [0.25, 0.3) is 0 Å². The molecule has 118 valence electrons. The molecule has 0 fully saturated rings. The molecule has 0 aliphatic heterocycles. The summed E-state index contributed by atoms with van der Waals surface area (Å²) in [5, 5.41) is 15.1. The first kappa shape index (κ1) is 16.3. The number of nitrogens with zero attached hydrogens (tertiary/aromatic N) is 3. The molecule has 0 aliphatic rings. The van der Waals surface area contributed by atoms with Crippen LogP contribution in [-0.2, 0) is 4.79 Å². The molecule has 2 heterocycles. The van der Waals surface area contributed by atoms with E-state index in [1.54, 1.807) is 0 Å². The smallest absolute Gasteiger partial charge is 0.321 e. The SMILES string of the molecule is CC(C)NC(=O)NC(=O)CSc1nnc(-c2cccs2)n1N. The predicted octanol–water partition coefficient (Wildman–Crippen LogP) is 1.05. The lowest BCUT2D eigenvalue weighted by Crippen LogP contribution is -2.43. The molecule has 2 rings (SSSR count). The second kappa shape index (κ2) is 7.27. The molecule has 0 unspecified atom stereocenters. The van der Waals surface area contributed by atoms with E-state index in [-0.39, 0.29) is 11.8 Å². The Balaban J connectivity index is 1.90. The van der Waals surface area contributed by atoms with E-state index in [0.29, 0.717) is 11.0 Å². The number of carbonyl (C=O) groups excluding carboxylic acids is 2. The zero-order valence-corrected chi connectivity index (χ0v) is 13.7. The first-order valence-corrected chi connectivity index (χ1v) is 8.31. The fourth-order valence-electron chi connectivity index (χ4n) is 1.54. The number of nitrogen functional groups attached to an aromatic ring is 1. The molecular weight excluding hydrogens is 324 g/mol. The minimum atomic E-state index is -0.519. The molecule has 2 aromatic rings. The number of urea groups is 1. The Bertz CT molecular complexity index is 653. The summed E-state index contributed by atoms with van der Waals surface area (Å²) in [5.41, 5.74) is 0. The van der Waals surface area contributed by atoms with Gasteiger partial charge in [-0.2, -0.15) is 0 Å². The van der Waals surface area contributed by atoms with Crippen LogP contribution in [0.2, 0.25) is 0 Å². The van der Waals surface area contributed by atoms with Gasteiger partial charge in [0.2, 0.25) is 11.1 Å². The highest BCUT2D eigenvalue weighted by atomic mass is 32.2. The van der Waals surface area contributed by atoms with Crippen molar-refractivity contribution in [1.29, 1.82) is 0 Å². The maximum atomic E-state index is 11.7. The topological polar surface area (TPSA) is 115 Å². The average molecular weight is 340 g/mol. The molecule has 0 saturated heterocycles. The van der Waals surface area contributed by atoms with Crippen LogP contribution in [-0.4, -0.2) is 38.6 Å². The van der Waals surface area contributed by atoms with Crippen LogP contribution in [0.5, 0.6) is 0 Å². The van der Waals surface area contributed by atoms with Crippen molar-refractivity contribution in [2.24, 2.45) is 0 Å². The van der Waals surface area contributed by atoms with Crippen molar-refractivity contribution in [1.82, 2.24) is 25.5 Å². The van der Waals surface area contributed by atoms with Crippen LogP contribution in [0.25, 0.3) is 10.7 Å². The molecule has 0 atom stereocenters. The highest BCUT2D eigenvalue weighted by molar-refractivity contribution is 7.99. The Morgan fingerprint density at radius 1 is 1.45 bits per heavy atom. The van der Waals surface area contributed by atoms with Gasteiger partial charge in [0, 0.05) is 6.04 Å². The van der Waals surface area contributed by atoms with Gasteiger partial charge in [-0.15, -0.1) is 21.5 Å². The number of rotatable bonds is 5. The Morgan fingerprint density at radius 2 is 2.23 bits per heavy atom. The molecular formula is C12H16N6O2S2. The van der Waals surface area contributed by atoms with E-state index in [1.807, 2.05) is 31.4 Å². The van der Waals surface area contributed by atoms with Crippen LogP contribution in [0.4, 0.5) is 4.79 Å². The van der Waals surface area contributed by atoms with Crippen LogP contribution in [0.3, 0.4) is 0 Å². The van der Waals surface area contributed by atoms with E-state index in [1.165, 1.54) is 16.0 Å². The van der Waals surface area contributed by atoms with Crippen LogP contribution in [0.15, 0.2) is 22.7 Å². The van der Waals surface area contributed by atoms with Crippen molar-refractivity contribution in [2.45, 2.75) is 25.0 Å². The van der Waals surface area contributed by atoms with Crippen LogP contribution in [0, 0.1) is 0 Å². The van der Waals surface area contributed by atoms with E-state index in [9.17, 15) is 9.59 Å². The molecule has 3 amide bonds. The number of imide groups is 1. The highest BCUT2D eigenvalue weighted by Gasteiger charge is 2.15. The van der Waals surface area contributed by atoms with Gasteiger partial charge in [-0.3, -0.25) is 10.1 Å². The summed E-state index contributed by atoms with van der Waals surface area (Å²) < 4.78 is 1.33. The lowest BCUT2D eigenvalue weighted by atomic mass is 10.4. The minimum Gasteiger partial charge on any atom is -0.336 e. The second-order valence-electron chi connectivity index (χ2n) is 4.62. The lowest BCUT2D eigenvalue weighted by molar-refractivity contribution is -0.117. The van der Waals surface area contributed by atoms with Crippen molar-refractivity contribution >= 4 is 35.0 Å². The number of thioether (sulfide) groups is 1. The molecule has 0 spiro atoms. The van der Waals surface area contributed by atoms with E-state index in [2.05, 4.69) is 20.8 Å². The molecule has 2 aromatic heterocycles. The molecule has 0 aliphatic carbocycles. The Morgan fingerprint density at radius 3 is 2.86 bits per heavy atom. The number of carbonyl (C=O) groups is 2. The van der Waals surface area contributed by atoms with E-state index < -0.39 is 11.9 Å². The largest absolute Gasteiger partial charge is 0.336 e. The zero-order valence-electron chi connectivity index (χ0n) is 12.1. The quantitative estimate of drug-likeness (QED) is 0.553. The molecule has 0 radical (unpaired) electrons. The summed E-state index contributed by atoms with van der Waals surface area (Å²) in [6.07, 6.45) is 0. The van der Waals surface area contributed by atoms with Gasteiger partial charge in [-0.25, -0.2) is 9.47 Å². The zero-order chi connectivity index (χ0) is 16.1. The summed E-state index contributed by atoms with van der Waals surface area (Å²) in [7, 11) is 0. The van der Waals surface area contributed by atoms with Gasteiger partial charge >= 0.3 is 6.03 Å². The molecule has 10 heteroatoms. The van der Waals surface area contributed by atoms with Gasteiger partial charge in [-0.1, -0.05) is 17.8 Å². The van der Waals surface area contributed by atoms with Gasteiger partial charge in [0.1, 0.15) is 0 Å². The van der Waals surface area contributed by atoms with Crippen molar-refractivity contribution in [3.63, 3.8) is 0 Å². The van der Waals surface area contributed by atoms with Crippen LogP contribution >= 0.6 is 23.1 Å². The normalized spacial score (nSPS) is 10.7. The Labute approximate surface area is 135 Å². The Hall–Kier alpha value is -2.07. The van der Waals surface area contributed by atoms with Crippen LogP contribution in [0.1, 0.15) is 13.8 Å². The second-order valence-corrected chi connectivity index (χ2v) is 6.51. The third-order valence-electron chi connectivity index (χ3n) is 2.41. The maximum absolute atomic E-state index is 11.7. The number of nitrogens with two attached hydrogens (primary N) is 1. The third-order valence-corrected chi connectivity index (χ3v) is 4.22. The van der Waals surface area contributed by atoms with Gasteiger partial charge in [0.15, 0.2) is 5.82 Å². The third kappa shape index (κ3) is 4.21. The fraction of sp³-hybridized carbons (Fsp3) is 0.333.